The molecule has 0 spiro atoms. The first-order valence-electron chi connectivity index (χ1n) is 8.21. The number of nitrogens with one attached hydrogen (secondary N) is 1. The van der Waals surface area contributed by atoms with Crippen LogP contribution in [0.3, 0.4) is 0 Å². The van der Waals surface area contributed by atoms with Crippen LogP contribution in [0.15, 0.2) is 41.2 Å². The highest BCUT2D eigenvalue weighted by Gasteiger charge is 2.29. The number of methoxy groups -OCH3 is 1. The fourth-order valence-electron chi connectivity index (χ4n) is 2.65. The quantitative estimate of drug-likeness (QED) is 0.857. The summed E-state index contributed by atoms with van der Waals surface area (Å²) in [5.74, 6) is 1.02. The van der Waals surface area contributed by atoms with E-state index < -0.39 is 18.0 Å². The van der Waals surface area contributed by atoms with Gasteiger partial charge in [0, 0.05) is 17.4 Å². The number of ether oxygens (including phenoxy) is 1. The van der Waals surface area contributed by atoms with Crippen molar-refractivity contribution in [3.63, 3.8) is 0 Å². The lowest BCUT2D eigenvalue weighted by Crippen LogP contribution is -2.43. The summed E-state index contributed by atoms with van der Waals surface area (Å²) in [5.41, 5.74) is 0.992. The van der Waals surface area contributed by atoms with Gasteiger partial charge >= 0.3 is 0 Å². The Kier molecular flexibility index (Phi) is 5.41. The van der Waals surface area contributed by atoms with E-state index in [-0.39, 0.29) is 10.7 Å². The van der Waals surface area contributed by atoms with Gasteiger partial charge in [-0.25, -0.2) is 4.68 Å². The van der Waals surface area contributed by atoms with Gasteiger partial charge in [0.1, 0.15) is 11.8 Å². The van der Waals surface area contributed by atoms with Gasteiger partial charge in [0.25, 0.3) is 5.56 Å². The smallest absolute Gasteiger partial charge is 0.267 e. The van der Waals surface area contributed by atoms with E-state index >= 15 is 0 Å². The van der Waals surface area contributed by atoms with Crippen LogP contribution in [0.5, 0.6) is 5.75 Å². The maximum Gasteiger partial charge on any atom is 0.267 e. The van der Waals surface area contributed by atoms with Crippen molar-refractivity contribution in [2.45, 2.75) is 25.4 Å². The van der Waals surface area contributed by atoms with E-state index in [1.165, 1.54) is 17.8 Å². The zero-order chi connectivity index (χ0) is 18.7. The van der Waals surface area contributed by atoms with E-state index in [0.717, 1.165) is 10.2 Å². The Hall–Kier alpha value is -2.61. The van der Waals surface area contributed by atoms with E-state index in [0.29, 0.717) is 23.6 Å². The average Bonchev–Trinajstić information content (AvgIpc) is 3.06. The topological polar surface area (TPSA) is 90.3 Å². The minimum atomic E-state index is -0.820. The van der Waals surface area contributed by atoms with E-state index in [1.807, 2.05) is 12.1 Å². The van der Waals surface area contributed by atoms with Gasteiger partial charge in [0.15, 0.2) is 0 Å². The van der Waals surface area contributed by atoms with Crippen molar-refractivity contribution in [1.82, 2.24) is 15.1 Å². The fourth-order valence-corrected chi connectivity index (χ4v) is 3.58. The molecule has 0 bridgehead atoms. The fraction of sp³-hybridized carbons (Fsp3) is 0.333. The summed E-state index contributed by atoms with van der Waals surface area (Å²) in [6.45, 7) is 1.59. The first kappa shape index (κ1) is 18.2. The number of amides is 1. The molecule has 26 heavy (non-hydrogen) atoms. The average molecular weight is 373 g/mol. The van der Waals surface area contributed by atoms with Gasteiger partial charge in [0.2, 0.25) is 11.0 Å². The van der Waals surface area contributed by atoms with Gasteiger partial charge < -0.3 is 10.1 Å². The third-order valence-corrected chi connectivity index (χ3v) is 5.22. The number of rotatable bonds is 5. The summed E-state index contributed by atoms with van der Waals surface area (Å²) >= 11 is 1.21. The molecule has 1 aliphatic rings. The molecule has 136 valence electrons. The lowest BCUT2D eigenvalue weighted by Gasteiger charge is -2.17. The highest BCUT2D eigenvalue weighted by atomic mass is 32.2. The van der Waals surface area contributed by atoms with Crippen molar-refractivity contribution < 1.29 is 14.3 Å². The summed E-state index contributed by atoms with van der Waals surface area (Å²) in [6, 6.07) is 8.94. The van der Waals surface area contributed by atoms with Gasteiger partial charge in [-0.2, -0.15) is 5.10 Å². The van der Waals surface area contributed by atoms with Crippen molar-refractivity contribution in [2.24, 2.45) is 0 Å². The molecule has 0 saturated carbocycles. The third kappa shape index (κ3) is 3.80. The van der Waals surface area contributed by atoms with E-state index in [2.05, 4.69) is 10.4 Å². The van der Waals surface area contributed by atoms with E-state index in [1.54, 1.807) is 32.2 Å². The number of benzene rings is 1. The first-order valence-corrected chi connectivity index (χ1v) is 9.19. The van der Waals surface area contributed by atoms with Crippen LogP contribution in [0.4, 0.5) is 0 Å². The molecule has 1 aromatic carbocycles. The number of aromatic nitrogens is 2. The zero-order valence-electron chi connectivity index (χ0n) is 14.5. The first-order chi connectivity index (χ1) is 12.5. The molecule has 8 heteroatoms. The Labute approximate surface area is 154 Å². The van der Waals surface area contributed by atoms with E-state index in [4.69, 9.17) is 4.74 Å². The molecule has 0 radical (unpaired) electrons. The molecule has 7 nitrogen and oxygen atoms in total. The van der Waals surface area contributed by atoms with Crippen LogP contribution in [0.25, 0.3) is 11.3 Å². The predicted molar refractivity (Wildman–Crippen MR) is 99.2 cm³/mol. The minimum absolute atomic E-state index is 0.0437. The number of hydrogen-bond donors (Lipinski definition) is 1. The Balaban J connectivity index is 1.83. The summed E-state index contributed by atoms with van der Waals surface area (Å²) in [7, 11) is 1.58. The number of hydrogen-bond acceptors (Lipinski definition) is 6. The van der Waals surface area contributed by atoms with Crippen molar-refractivity contribution in [3.05, 3.63) is 46.8 Å². The highest BCUT2D eigenvalue weighted by Crippen LogP contribution is 2.21. The normalized spacial score (nSPS) is 17.8. The highest BCUT2D eigenvalue weighted by molar-refractivity contribution is 8.14. The Morgan fingerprint density at radius 3 is 2.62 bits per heavy atom. The molecule has 2 atom stereocenters. The molecule has 2 aromatic rings. The summed E-state index contributed by atoms with van der Waals surface area (Å²) in [5, 5.41) is 6.98. The molecular weight excluding hydrogens is 354 g/mol. The second kappa shape index (κ2) is 7.74. The lowest BCUT2D eigenvalue weighted by molar-refractivity contribution is -0.127. The lowest BCUT2D eigenvalue weighted by atomic mass is 10.1. The second-order valence-electron chi connectivity index (χ2n) is 5.92. The molecule has 1 N–H and O–H groups in total. The Morgan fingerprint density at radius 2 is 2.00 bits per heavy atom. The summed E-state index contributed by atoms with van der Waals surface area (Å²) in [6.07, 6.45) is 0.607. The zero-order valence-corrected chi connectivity index (χ0v) is 15.3. The van der Waals surface area contributed by atoms with Crippen LogP contribution in [-0.2, 0) is 9.59 Å². The minimum Gasteiger partial charge on any atom is -0.497 e. The van der Waals surface area contributed by atoms with Gasteiger partial charge in [0.05, 0.1) is 18.8 Å². The van der Waals surface area contributed by atoms with Gasteiger partial charge in [-0.3, -0.25) is 14.4 Å². The molecular formula is C18H19N3O4S. The van der Waals surface area contributed by atoms with E-state index in [9.17, 15) is 14.4 Å². The molecule has 1 saturated heterocycles. The molecule has 3 rings (SSSR count). The van der Waals surface area contributed by atoms with Crippen LogP contribution < -0.4 is 15.6 Å². The number of thioether (sulfide) groups is 1. The summed E-state index contributed by atoms with van der Waals surface area (Å²) in [4.78, 5) is 36.3. The van der Waals surface area contributed by atoms with Crippen molar-refractivity contribution in [1.29, 1.82) is 0 Å². The van der Waals surface area contributed by atoms with Crippen LogP contribution >= 0.6 is 11.8 Å². The van der Waals surface area contributed by atoms with Crippen molar-refractivity contribution >= 4 is 22.8 Å². The number of carbonyl (C=O) groups excluding carboxylic acids is 2. The SMILES string of the molecule is COc1ccc(-c2ccc(=O)n(C(C)C(=O)NC3CCSC3=O)n2)cc1. The summed E-state index contributed by atoms with van der Waals surface area (Å²) < 4.78 is 6.27. The Morgan fingerprint density at radius 1 is 1.27 bits per heavy atom. The monoisotopic (exact) mass is 373 g/mol. The van der Waals surface area contributed by atoms with Crippen molar-refractivity contribution in [2.75, 3.05) is 12.9 Å². The molecule has 1 aliphatic heterocycles. The van der Waals surface area contributed by atoms with Crippen molar-refractivity contribution in [3.8, 4) is 17.0 Å². The molecule has 2 unspecified atom stereocenters. The predicted octanol–water partition coefficient (Wildman–Crippen LogP) is 1.63. The maximum atomic E-state index is 12.4. The van der Waals surface area contributed by atoms with Gasteiger partial charge in [-0.05, 0) is 43.7 Å². The largest absolute Gasteiger partial charge is 0.497 e. The van der Waals surface area contributed by atoms with Crippen LogP contribution in [-0.4, -0.2) is 39.7 Å². The molecule has 1 amide bonds. The molecule has 0 aliphatic carbocycles. The number of nitrogens with zero attached hydrogens (tertiary/aromatic N) is 2. The van der Waals surface area contributed by atoms with Gasteiger partial charge in [-0.1, -0.05) is 11.8 Å². The number of carbonyl (C=O) groups is 2. The van der Waals surface area contributed by atoms with Crippen LogP contribution in [0, 0.1) is 0 Å². The molecule has 2 heterocycles. The third-order valence-electron chi connectivity index (χ3n) is 4.21. The molecule has 1 aromatic heterocycles. The second-order valence-corrected chi connectivity index (χ2v) is 7.02. The van der Waals surface area contributed by atoms with Gasteiger partial charge in [-0.15, -0.1) is 0 Å². The standard InChI is InChI=1S/C18H19N3O4S/c1-11(17(23)19-15-9-10-26-18(15)24)21-16(22)8-7-14(20-21)12-3-5-13(25-2)6-4-12/h3-8,11,15H,9-10H2,1-2H3,(H,19,23). The van der Waals surface area contributed by atoms with Crippen LogP contribution in [0.2, 0.25) is 0 Å². The molecule has 1 fully saturated rings. The van der Waals surface area contributed by atoms with Crippen LogP contribution in [0.1, 0.15) is 19.4 Å². The maximum absolute atomic E-state index is 12.4. The Bertz CT molecular complexity index is 879.